The maximum Gasteiger partial charge on any atom is 0.101 e. The summed E-state index contributed by atoms with van der Waals surface area (Å²) in [6.07, 6.45) is 7.38. The molecule has 0 unspecified atom stereocenters. The van der Waals surface area contributed by atoms with Crippen molar-refractivity contribution in [1.82, 2.24) is 10.3 Å². The fraction of sp³-hybridized carbons (Fsp3) is 0.524. The number of hydrogen-bond acceptors (Lipinski definition) is 5. The Kier molecular flexibility index (Phi) is 5.05. The van der Waals surface area contributed by atoms with E-state index in [1.165, 1.54) is 25.7 Å². The van der Waals surface area contributed by atoms with Crippen molar-refractivity contribution < 1.29 is 4.74 Å². The van der Waals surface area contributed by atoms with Crippen LogP contribution in [0.4, 0.5) is 5.69 Å². The SMILES string of the molecule is C[C@@H]1CN(c2ccc(C#N)c3ncccc23)C[C@@H](CNC2CCCC2)O1. The molecule has 2 atom stereocenters. The third-order valence-corrected chi connectivity index (χ3v) is 5.52. The lowest BCUT2D eigenvalue weighted by Crippen LogP contribution is -2.51. The van der Waals surface area contributed by atoms with E-state index in [2.05, 4.69) is 40.3 Å². The van der Waals surface area contributed by atoms with Gasteiger partial charge in [0.15, 0.2) is 0 Å². The van der Waals surface area contributed by atoms with Crippen LogP contribution in [0.5, 0.6) is 0 Å². The zero-order chi connectivity index (χ0) is 17.9. The van der Waals surface area contributed by atoms with Gasteiger partial charge >= 0.3 is 0 Å². The third-order valence-electron chi connectivity index (χ3n) is 5.52. The molecule has 26 heavy (non-hydrogen) atoms. The summed E-state index contributed by atoms with van der Waals surface area (Å²) in [5.74, 6) is 0. The maximum atomic E-state index is 9.36. The number of hydrogen-bond donors (Lipinski definition) is 1. The van der Waals surface area contributed by atoms with Gasteiger partial charge in [0.1, 0.15) is 6.07 Å². The highest BCUT2D eigenvalue weighted by Crippen LogP contribution is 2.30. The van der Waals surface area contributed by atoms with Gasteiger partial charge in [-0.15, -0.1) is 0 Å². The first kappa shape index (κ1) is 17.3. The lowest BCUT2D eigenvalue weighted by atomic mass is 10.1. The van der Waals surface area contributed by atoms with Gasteiger partial charge in [-0.2, -0.15) is 5.26 Å². The number of benzene rings is 1. The number of nitrogens with zero attached hydrogens (tertiary/aromatic N) is 3. The Morgan fingerprint density at radius 2 is 2.12 bits per heavy atom. The second-order valence-electron chi connectivity index (χ2n) is 7.51. The Hall–Kier alpha value is -2.16. The summed E-state index contributed by atoms with van der Waals surface area (Å²) in [6.45, 7) is 4.76. The molecule has 1 saturated carbocycles. The predicted molar refractivity (Wildman–Crippen MR) is 103 cm³/mol. The van der Waals surface area contributed by atoms with E-state index >= 15 is 0 Å². The van der Waals surface area contributed by atoms with Crippen molar-refractivity contribution in [2.45, 2.75) is 50.9 Å². The minimum absolute atomic E-state index is 0.182. The fourth-order valence-electron chi connectivity index (χ4n) is 4.31. The van der Waals surface area contributed by atoms with Gasteiger partial charge in [0.05, 0.1) is 23.3 Å². The third kappa shape index (κ3) is 3.53. The van der Waals surface area contributed by atoms with Crippen molar-refractivity contribution in [1.29, 1.82) is 5.26 Å². The van der Waals surface area contributed by atoms with Gasteiger partial charge in [-0.05, 0) is 44.0 Å². The van der Waals surface area contributed by atoms with Crippen LogP contribution >= 0.6 is 0 Å². The minimum atomic E-state index is 0.182. The monoisotopic (exact) mass is 350 g/mol. The lowest BCUT2D eigenvalue weighted by Gasteiger charge is -2.39. The molecule has 4 rings (SSSR count). The second-order valence-corrected chi connectivity index (χ2v) is 7.51. The van der Waals surface area contributed by atoms with Crippen LogP contribution in [0.1, 0.15) is 38.2 Å². The van der Waals surface area contributed by atoms with E-state index in [-0.39, 0.29) is 12.2 Å². The van der Waals surface area contributed by atoms with Crippen molar-refractivity contribution in [3.05, 3.63) is 36.0 Å². The average molecular weight is 350 g/mol. The van der Waals surface area contributed by atoms with E-state index in [0.717, 1.165) is 36.2 Å². The molecular weight excluding hydrogens is 324 g/mol. The lowest BCUT2D eigenvalue weighted by molar-refractivity contribution is -0.0157. The van der Waals surface area contributed by atoms with Crippen molar-refractivity contribution in [2.75, 3.05) is 24.5 Å². The molecule has 1 aliphatic heterocycles. The molecule has 1 aromatic carbocycles. The zero-order valence-electron chi connectivity index (χ0n) is 15.3. The average Bonchev–Trinajstić information content (AvgIpc) is 3.18. The molecule has 2 heterocycles. The predicted octanol–water partition coefficient (Wildman–Crippen LogP) is 3.23. The van der Waals surface area contributed by atoms with E-state index < -0.39 is 0 Å². The molecule has 5 heteroatoms. The number of pyridine rings is 1. The number of anilines is 1. The van der Waals surface area contributed by atoms with Crippen molar-refractivity contribution >= 4 is 16.6 Å². The minimum Gasteiger partial charge on any atom is -0.370 e. The molecule has 1 aliphatic carbocycles. The molecule has 5 nitrogen and oxygen atoms in total. The van der Waals surface area contributed by atoms with Gasteiger partial charge in [-0.25, -0.2) is 0 Å². The number of ether oxygens (including phenoxy) is 1. The molecule has 0 amide bonds. The Balaban J connectivity index is 1.55. The Labute approximate surface area is 155 Å². The fourth-order valence-corrected chi connectivity index (χ4v) is 4.31. The van der Waals surface area contributed by atoms with Gasteiger partial charge in [0.25, 0.3) is 0 Å². The highest BCUT2D eigenvalue weighted by molar-refractivity contribution is 5.95. The van der Waals surface area contributed by atoms with E-state index in [9.17, 15) is 5.26 Å². The van der Waals surface area contributed by atoms with Crippen LogP contribution in [-0.4, -0.2) is 42.9 Å². The second kappa shape index (κ2) is 7.61. The van der Waals surface area contributed by atoms with Gasteiger partial charge in [-0.3, -0.25) is 4.98 Å². The molecule has 0 bridgehead atoms. The van der Waals surface area contributed by atoms with Crippen LogP contribution in [0.15, 0.2) is 30.5 Å². The highest BCUT2D eigenvalue weighted by Gasteiger charge is 2.27. The number of morpholine rings is 1. The van der Waals surface area contributed by atoms with Gasteiger partial charge in [0.2, 0.25) is 0 Å². The number of nitrogens with one attached hydrogen (secondary N) is 1. The summed E-state index contributed by atoms with van der Waals surface area (Å²) >= 11 is 0. The van der Waals surface area contributed by atoms with Crippen molar-refractivity contribution in [2.24, 2.45) is 0 Å². The number of nitriles is 1. The van der Waals surface area contributed by atoms with Crippen LogP contribution in [-0.2, 0) is 4.74 Å². The van der Waals surface area contributed by atoms with Crippen molar-refractivity contribution in [3.63, 3.8) is 0 Å². The summed E-state index contributed by atoms with van der Waals surface area (Å²) in [6, 6.07) is 10.9. The summed E-state index contributed by atoms with van der Waals surface area (Å²) in [4.78, 5) is 6.83. The molecule has 1 N–H and O–H groups in total. The molecule has 2 fully saturated rings. The van der Waals surface area contributed by atoms with Gasteiger partial charge in [0, 0.05) is 42.9 Å². The Morgan fingerprint density at radius 1 is 1.27 bits per heavy atom. The first-order valence-corrected chi connectivity index (χ1v) is 9.66. The summed E-state index contributed by atoms with van der Waals surface area (Å²) in [5.41, 5.74) is 2.56. The van der Waals surface area contributed by atoms with Gasteiger partial charge in [-0.1, -0.05) is 12.8 Å². The maximum absolute atomic E-state index is 9.36. The smallest absolute Gasteiger partial charge is 0.101 e. The summed E-state index contributed by atoms with van der Waals surface area (Å²) < 4.78 is 6.18. The molecular formula is C21H26N4O. The van der Waals surface area contributed by atoms with Crippen LogP contribution in [0.25, 0.3) is 10.9 Å². The zero-order valence-corrected chi connectivity index (χ0v) is 15.3. The Morgan fingerprint density at radius 3 is 2.92 bits per heavy atom. The van der Waals surface area contributed by atoms with Crippen molar-refractivity contribution in [3.8, 4) is 6.07 Å². The van der Waals surface area contributed by atoms with Crippen LogP contribution in [0.3, 0.4) is 0 Å². The highest BCUT2D eigenvalue weighted by atomic mass is 16.5. The van der Waals surface area contributed by atoms with Crippen LogP contribution in [0, 0.1) is 11.3 Å². The number of aromatic nitrogens is 1. The molecule has 2 aromatic rings. The molecule has 1 saturated heterocycles. The van der Waals surface area contributed by atoms with E-state index in [0.29, 0.717) is 11.6 Å². The topological polar surface area (TPSA) is 61.2 Å². The number of fused-ring (bicyclic) bond motifs is 1. The van der Waals surface area contributed by atoms with Crippen LogP contribution in [0.2, 0.25) is 0 Å². The molecule has 0 spiro atoms. The molecule has 2 aliphatic rings. The molecule has 0 radical (unpaired) electrons. The Bertz CT molecular complexity index is 809. The standard InChI is InChI=1S/C21H26N4O/c1-15-13-25(14-18(26-15)12-24-17-5-2-3-6-17)20-9-8-16(11-22)21-19(20)7-4-10-23-21/h4,7-10,15,17-18,24H,2-3,5-6,12-14H2,1H3/t15-,18-/m1/s1. The summed E-state index contributed by atoms with van der Waals surface area (Å²) in [5, 5.41) is 14.1. The summed E-state index contributed by atoms with van der Waals surface area (Å²) in [7, 11) is 0. The normalized spacial score (nSPS) is 24.1. The van der Waals surface area contributed by atoms with E-state index in [1.54, 1.807) is 6.20 Å². The first-order chi connectivity index (χ1) is 12.7. The van der Waals surface area contributed by atoms with E-state index in [4.69, 9.17) is 4.74 Å². The van der Waals surface area contributed by atoms with E-state index in [1.807, 2.05) is 12.1 Å². The van der Waals surface area contributed by atoms with Crippen LogP contribution < -0.4 is 10.2 Å². The van der Waals surface area contributed by atoms with Gasteiger partial charge < -0.3 is 15.0 Å². The number of rotatable bonds is 4. The molecule has 136 valence electrons. The first-order valence-electron chi connectivity index (χ1n) is 9.66. The molecule has 1 aromatic heterocycles. The quantitative estimate of drug-likeness (QED) is 0.917. The largest absolute Gasteiger partial charge is 0.370 e.